The fraction of sp³-hybridized carbons (Fsp3) is 0.529. The van der Waals surface area contributed by atoms with Gasteiger partial charge < -0.3 is 20.1 Å². The van der Waals surface area contributed by atoms with E-state index < -0.39 is 17.6 Å². The number of alkyl carbamates (subject to hydrolysis) is 1. The first kappa shape index (κ1) is 20.4. The van der Waals surface area contributed by atoms with Crippen molar-refractivity contribution in [1.29, 1.82) is 0 Å². The molecule has 0 unspecified atom stereocenters. The van der Waals surface area contributed by atoms with Crippen molar-refractivity contribution in [2.24, 2.45) is 0 Å². The van der Waals surface area contributed by atoms with E-state index in [-0.39, 0.29) is 18.9 Å². The highest BCUT2D eigenvalue weighted by atomic mass is 16.6. The average Bonchev–Trinajstić information content (AvgIpc) is 2.51. The lowest BCUT2D eigenvalue weighted by atomic mass is 10.1. The standard InChI is InChI=1S/C17H25N3O5/c1-5-24-15(22)7-6-12-10-18-9-8-13(12)20-14(21)11-19-16(23)25-17(2,3)4/h8-10H,5-7,11H2,1-4H3,(H,19,23)(H,18,20,21). The maximum atomic E-state index is 12.0. The minimum absolute atomic E-state index is 0.193. The summed E-state index contributed by atoms with van der Waals surface area (Å²) in [6, 6.07) is 1.63. The molecular weight excluding hydrogens is 326 g/mol. The average molecular weight is 351 g/mol. The highest BCUT2D eigenvalue weighted by Gasteiger charge is 2.17. The smallest absolute Gasteiger partial charge is 0.408 e. The summed E-state index contributed by atoms with van der Waals surface area (Å²) in [4.78, 5) is 39.0. The molecule has 1 rings (SSSR count). The van der Waals surface area contributed by atoms with Crippen molar-refractivity contribution in [2.45, 2.75) is 46.1 Å². The van der Waals surface area contributed by atoms with E-state index in [4.69, 9.17) is 9.47 Å². The highest BCUT2D eigenvalue weighted by molar-refractivity contribution is 5.94. The number of rotatable bonds is 7. The lowest BCUT2D eigenvalue weighted by Gasteiger charge is -2.19. The van der Waals surface area contributed by atoms with Gasteiger partial charge in [0, 0.05) is 24.5 Å². The third-order valence-corrected chi connectivity index (χ3v) is 2.87. The lowest BCUT2D eigenvalue weighted by Crippen LogP contribution is -2.37. The molecule has 0 spiro atoms. The van der Waals surface area contributed by atoms with Gasteiger partial charge in [0.2, 0.25) is 5.91 Å². The summed E-state index contributed by atoms with van der Waals surface area (Å²) in [5.41, 5.74) is 0.614. The van der Waals surface area contributed by atoms with Crippen LogP contribution in [0.2, 0.25) is 0 Å². The molecule has 8 heteroatoms. The Hall–Kier alpha value is -2.64. The molecule has 0 atom stereocenters. The summed E-state index contributed by atoms with van der Waals surface area (Å²) in [7, 11) is 0. The zero-order chi connectivity index (χ0) is 18.9. The van der Waals surface area contributed by atoms with Gasteiger partial charge in [-0.05, 0) is 45.7 Å². The molecule has 0 saturated carbocycles. The summed E-state index contributed by atoms with van der Waals surface area (Å²) in [6.45, 7) is 7.05. The van der Waals surface area contributed by atoms with Crippen LogP contribution in [0.3, 0.4) is 0 Å². The van der Waals surface area contributed by atoms with E-state index in [0.717, 1.165) is 0 Å². The molecular formula is C17H25N3O5. The van der Waals surface area contributed by atoms with E-state index in [1.54, 1.807) is 40.0 Å². The van der Waals surface area contributed by atoms with Crippen LogP contribution in [0.1, 0.15) is 39.7 Å². The van der Waals surface area contributed by atoms with Gasteiger partial charge in [-0.2, -0.15) is 0 Å². The van der Waals surface area contributed by atoms with Crippen LogP contribution in [0.4, 0.5) is 10.5 Å². The van der Waals surface area contributed by atoms with Crippen LogP contribution in [-0.2, 0) is 25.5 Å². The van der Waals surface area contributed by atoms with E-state index in [0.29, 0.717) is 24.3 Å². The first-order chi connectivity index (χ1) is 11.7. The van der Waals surface area contributed by atoms with Gasteiger partial charge in [-0.25, -0.2) is 4.79 Å². The van der Waals surface area contributed by atoms with Gasteiger partial charge in [0.1, 0.15) is 12.1 Å². The Morgan fingerprint density at radius 1 is 1.24 bits per heavy atom. The van der Waals surface area contributed by atoms with Crippen molar-refractivity contribution < 1.29 is 23.9 Å². The van der Waals surface area contributed by atoms with Gasteiger partial charge >= 0.3 is 12.1 Å². The molecule has 0 saturated heterocycles. The number of nitrogens with zero attached hydrogens (tertiary/aromatic N) is 1. The normalized spacial score (nSPS) is 10.7. The number of nitrogens with one attached hydrogen (secondary N) is 2. The number of ether oxygens (including phenoxy) is 2. The van der Waals surface area contributed by atoms with Crippen LogP contribution in [0.15, 0.2) is 18.5 Å². The third kappa shape index (κ3) is 8.69. The predicted octanol–water partition coefficient (Wildman–Crippen LogP) is 2.04. The number of anilines is 1. The molecule has 0 aliphatic carbocycles. The molecule has 0 aliphatic heterocycles. The van der Waals surface area contributed by atoms with Gasteiger partial charge in [0.05, 0.1) is 6.61 Å². The molecule has 0 aliphatic rings. The first-order valence-corrected chi connectivity index (χ1v) is 8.06. The Morgan fingerprint density at radius 3 is 2.60 bits per heavy atom. The molecule has 25 heavy (non-hydrogen) atoms. The maximum Gasteiger partial charge on any atom is 0.408 e. The number of amides is 2. The Bertz CT molecular complexity index is 611. The van der Waals surface area contributed by atoms with Crippen LogP contribution < -0.4 is 10.6 Å². The van der Waals surface area contributed by atoms with E-state index in [1.807, 2.05) is 0 Å². The van der Waals surface area contributed by atoms with Crippen LogP contribution >= 0.6 is 0 Å². The zero-order valence-corrected chi connectivity index (χ0v) is 15.0. The minimum Gasteiger partial charge on any atom is -0.466 e. The van der Waals surface area contributed by atoms with Gasteiger partial charge in [0.15, 0.2) is 0 Å². The number of carbonyl (C=O) groups excluding carboxylic acids is 3. The van der Waals surface area contributed by atoms with Crippen molar-refractivity contribution in [3.63, 3.8) is 0 Å². The molecule has 0 bridgehead atoms. The number of aryl methyl sites for hydroxylation is 1. The Balaban J connectivity index is 2.54. The molecule has 0 fully saturated rings. The van der Waals surface area contributed by atoms with E-state index in [1.165, 1.54) is 6.20 Å². The second kappa shape index (κ2) is 9.61. The van der Waals surface area contributed by atoms with E-state index in [2.05, 4.69) is 15.6 Å². The molecule has 8 nitrogen and oxygen atoms in total. The number of carbonyl (C=O) groups is 3. The Kier molecular flexibility index (Phi) is 7.84. The van der Waals surface area contributed by atoms with E-state index in [9.17, 15) is 14.4 Å². The molecule has 0 radical (unpaired) electrons. The molecule has 1 heterocycles. The van der Waals surface area contributed by atoms with Gasteiger partial charge in [0.25, 0.3) is 0 Å². The fourth-order valence-corrected chi connectivity index (χ4v) is 1.88. The first-order valence-electron chi connectivity index (χ1n) is 8.06. The molecule has 2 N–H and O–H groups in total. The quantitative estimate of drug-likeness (QED) is 0.728. The largest absolute Gasteiger partial charge is 0.466 e. The van der Waals surface area contributed by atoms with E-state index >= 15 is 0 Å². The Labute approximate surface area is 147 Å². The molecule has 1 aromatic heterocycles. The number of aromatic nitrogens is 1. The van der Waals surface area contributed by atoms with Crippen molar-refractivity contribution in [2.75, 3.05) is 18.5 Å². The van der Waals surface area contributed by atoms with Gasteiger partial charge in [-0.15, -0.1) is 0 Å². The van der Waals surface area contributed by atoms with Crippen molar-refractivity contribution >= 4 is 23.7 Å². The minimum atomic E-state index is -0.667. The summed E-state index contributed by atoms with van der Waals surface area (Å²) in [5, 5.41) is 5.07. The summed E-state index contributed by atoms with van der Waals surface area (Å²) < 4.78 is 9.94. The molecule has 1 aromatic rings. The van der Waals surface area contributed by atoms with Crippen LogP contribution in [0.25, 0.3) is 0 Å². The maximum absolute atomic E-state index is 12.0. The van der Waals surface area contributed by atoms with Crippen molar-refractivity contribution in [3.8, 4) is 0 Å². The van der Waals surface area contributed by atoms with Crippen molar-refractivity contribution in [1.82, 2.24) is 10.3 Å². The lowest BCUT2D eigenvalue weighted by molar-refractivity contribution is -0.143. The number of hydrogen-bond acceptors (Lipinski definition) is 6. The second-order valence-corrected chi connectivity index (χ2v) is 6.24. The number of esters is 1. The zero-order valence-electron chi connectivity index (χ0n) is 15.0. The fourth-order valence-electron chi connectivity index (χ4n) is 1.88. The Morgan fingerprint density at radius 2 is 1.96 bits per heavy atom. The molecule has 138 valence electrons. The summed E-state index contributed by atoms with van der Waals surface area (Å²) >= 11 is 0. The van der Waals surface area contributed by atoms with Gasteiger partial charge in [-0.3, -0.25) is 14.6 Å². The van der Waals surface area contributed by atoms with Crippen LogP contribution in [-0.4, -0.2) is 41.7 Å². The number of hydrogen-bond donors (Lipinski definition) is 2. The van der Waals surface area contributed by atoms with Gasteiger partial charge in [-0.1, -0.05) is 0 Å². The summed E-state index contributed by atoms with van der Waals surface area (Å²) in [6.07, 6.45) is 3.03. The summed E-state index contributed by atoms with van der Waals surface area (Å²) in [5.74, 6) is -0.718. The predicted molar refractivity (Wildman–Crippen MR) is 92.1 cm³/mol. The molecule has 0 aromatic carbocycles. The second-order valence-electron chi connectivity index (χ2n) is 6.24. The van der Waals surface area contributed by atoms with Crippen LogP contribution in [0, 0.1) is 0 Å². The monoisotopic (exact) mass is 351 g/mol. The third-order valence-electron chi connectivity index (χ3n) is 2.87. The number of pyridine rings is 1. The van der Waals surface area contributed by atoms with Crippen molar-refractivity contribution in [3.05, 3.63) is 24.0 Å². The SMILES string of the molecule is CCOC(=O)CCc1cnccc1NC(=O)CNC(=O)OC(C)(C)C. The topological polar surface area (TPSA) is 107 Å². The molecule has 2 amide bonds. The van der Waals surface area contributed by atoms with Crippen LogP contribution in [0.5, 0.6) is 0 Å². The highest BCUT2D eigenvalue weighted by Crippen LogP contribution is 2.15.